The normalized spacial score (nSPS) is 13.2. The molecule has 10 heteroatoms. The molecule has 0 radical (unpaired) electrons. The summed E-state index contributed by atoms with van der Waals surface area (Å²) in [6.07, 6.45) is 7.94. The Kier molecular flexibility index (Phi) is 6.98. The fraction of sp³-hybridized carbons (Fsp3) is 0.269. The van der Waals surface area contributed by atoms with Gasteiger partial charge in [-0.05, 0) is 24.1 Å². The Labute approximate surface area is 210 Å². The Balaban J connectivity index is 1.65. The lowest BCUT2D eigenvalue weighted by Gasteiger charge is -2.30. The molecule has 0 saturated heterocycles. The fourth-order valence-corrected chi connectivity index (χ4v) is 4.66. The predicted octanol–water partition coefficient (Wildman–Crippen LogP) is 3.63. The molecule has 0 aliphatic rings. The first-order valence-electron chi connectivity index (χ1n) is 11.5. The van der Waals surface area contributed by atoms with Crippen LogP contribution in [0, 0.1) is 0 Å². The van der Waals surface area contributed by atoms with Gasteiger partial charge in [0.05, 0.1) is 21.7 Å². The van der Waals surface area contributed by atoms with E-state index in [9.17, 15) is 13.2 Å². The highest BCUT2D eigenvalue weighted by Gasteiger charge is 2.28. The molecule has 0 saturated carbocycles. The van der Waals surface area contributed by atoms with Gasteiger partial charge in [-0.15, -0.1) is 0 Å². The second-order valence-corrected chi connectivity index (χ2v) is 10.9. The average Bonchev–Trinajstić information content (AvgIpc) is 2.90. The van der Waals surface area contributed by atoms with Crippen LogP contribution < -0.4 is 10.6 Å². The maximum atomic E-state index is 12.4. The number of hydrogen-bond donors (Lipinski definition) is 2. The molecular weight excluding hydrogens is 476 g/mol. The molecule has 0 spiro atoms. The summed E-state index contributed by atoms with van der Waals surface area (Å²) in [6, 6.07) is 10.9. The molecule has 0 aliphatic heterocycles. The van der Waals surface area contributed by atoms with Crippen LogP contribution in [-0.2, 0) is 15.3 Å². The number of anilines is 1. The largest absolute Gasteiger partial charge is 0.369 e. The van der Waals surface area contributed by atoms with Crippen LogP contribution in [-0.4, -0.2) is 54.1 Å². The third-order valence-electron chi connectivity index (χ3n) is 6.44. The van der Waals surface area contributed by atoms with Crippen molar-refractivity contribution >= 4 is 32.5 Å². The Morgan fingerprint density at radius 3 is 2.61 bits per heavy atom. The first-order chi connectivity index (χ1) is 17.2. The third kappa shape index (κ3) is 5.03. The lowest BCUT2D eigenvalue weighted by molar-refractivity contribution is 0.0964. The van der Waals surface area contributed by atoms with Gasteiger partial charge in [0.2, 0.25) is 0 Å². The first kappa shape index (κ1) is 25.2. The summed E-state index contributed by atoms with van der Waals surface area (Å²) in [5.74, 6) is 0.447. The standard InChI is InChI=1S/C26H28N6O3S/c1-5-26(2,21-8-6-7-19-20(25(33)27-3)9-10-29-24(19)21)15-30-23-12-22(31-16-32-23)17-11-18(14-28-13-17)36(4,34)35/h6-14,16H,5,15H2,1-4H3,(H,27,33)(H,30,31,32)/t26-/m1/s1. The number of carbonyl (C=O) groups excluding carboxylic acids is 1. The number of para-hydroxylation sites is 1. The zero-order chi connectivity index (χ0) is 25.9. The molecule has 4 aromatic rings. The van der Waals surface area contributed by atoms with E-state index in [1.165, 1.54) is 12.5 Å². The van der Waals surface area contributed by atoms with Gasteiger partial charge < -0.3 is 10.6 Å². The molecule has 1 amide bonds. The Morgan fingerprint density at radius 1 is 1.08 bits per heavy atom. The minimum Gasteiger partial charge on any atom is -0.369 e. The second-order valence-electron chi connectivity index (χ2n) is 8.88. The van der Waals surface area contributed by atoms with Crippen LogP contribution in [0.15, 0.2) is 66.2 Å². The van der Waals surface area contributed by atoms with Gasteiger partial charge in [-0.2, -0.15) is 0 Å². The topological polar surface area (TPSA) is 127 Å². The molecule has 0 aliphatic carbocycles. The van der Waals surface area contributed by atoms with Gasteiger partial charge in [0, 0.05) is 60.9 Å². The Bertz CT molecular complexity index is 1540. The molecule has 3 aromatic heterocycles. The number of pyridine rings is 2. The van der Waals surface area contributed by atoms with E-state index in [0.29, 0.717) is 29.2 Å². The molecule has 9 nitrogen and oxygen atoms in total. The van der Waals surface area contributed by atoms with E-state index in [4.69, 9.17) is 0 Å². The van der Waals surface area contributed by atoms with Crippen molar-refractivity contribution in [3.8, 4) is 11.3 Å². The van der Waals surface area contributed by atoms with Crippen LogP contribution in [0.4, 0.5) is 5.82 Å². The summed E-state index contributed by atoms with van der Waals surface area (Å²) in [5.41, 5.74) is 3.22. The summed E-state index contributed by atoms with van der Waals surface area (Å²) in [6.45, 7) is 4.80. The van der Waals surface area contributed by atoms with Gasteiger partial charge in [0.15, 0.2) is 9.84 Å². The van der Waals surface area contributed by atoms with Crippen molar-refractivity contribution in [3.05, 3.63) is 72.4 Å². The molecule has 0 fully saturated rings. The Hall–Kier alpha value is -3.92. The molecular formula is C26H28N6O3S. The average molecular weight is 505 g/mol. The number of carbonyl (C=O) groups is 1. The maximum Gasteiger partial charge on any atom is 0.251 e. The summed E-state index contributed by atoms with van der Waals surface area (Å²) in [7, 11) is -1.77. The highest BCUT2D eigenvalue weighted by molar-refractivity contribution is 7.90. The fourth-order valence-electron chi connectivity index (χ4n) is 4.07. The predicted molar refractivity (Wildman–Crippen MR) is 140 cm³/mol. The molecule has 1 atom stereocenters. The Morgan fingerprint density at radius 2 is 1.89 bits per heavy atom. The number of nitrogens with one attached hydrogen (secondary N) is 2. The van der Waals surface area contributed by atoms with Crippen molar-refractivity contribution in [2.24, 2.45) is 0 Å². The molecule has 36 heavy (non-hydrogen) atoms. The number of fused-ring (bicyclic) bond motifs is 1. The number of aromatic nitrogens is 4. The van der Waals surface area contributed by atoms with E-state index in [1.807, 2.05) is 18.2 Å². The van der Waals surface area contributed by atoms with E-state index in [0.717, 1.165) is 29.1 Å². The number of nitrogens with zero attached hydrogens (tertiary/aromatic N) is 4. The lowest BCUT2D eigenvalue weighted by Crippen LogP contribution is -2.31. The van der Waals surface area contributed by atoms with E-state index < -0.39 is 9.84 Å². The van der Waals surface area contributed by atoms with Crippen LogP contribution in [0.25, 0.3) is 22.2 Å². The summed E-state index contributed by atoms with van der Waals surface area (Å²) >= 11 is 0. The monoisotopic (exact) mass is 504 g/mol. The van der Waals surface area contributed by atoms with E-state index in [2.05, 4.69) is 44.4 Å². The quantitative estimate of drug-likeness (QED) is 0.372. The van der Waals surface area contributed by atoms with E-state index >= 15 is 0 Å². The van der Waals surface area contributed by atoms with E-state index in [-0.39, 0.29) is 16.2 Å². The van der Waals surface area contributed by atoms with Crippen LogP contribution in [0.1, 0.15) is 36.2 Å². The third-order valence-corrected chi connectivity index (χ3v) is 7.52. The number of rotatable bonds is 8. The van der Waals surface area contributed by atoms with Gasteiger partial charge in [-0.1, -0.05) is 32.0 Å². The number of benzene rings is 1. The van der Waals surface area contributed by atoms with Crippen LogP contribution in [0.3, 0.4) is 0 Å². The van der Waals surface area contributed by atoms with Gasteiger partial charge >= 0.3 is 0 Å². The second kappa shape index (κ2) is 9.98. The SMILES string of the molecule is CC[C@](C)(CNc1cc(-c2cncc(S(C)(=O)=O)c2)ncn1)c1cccc2c(C(=O)NC)ccnc12. The van der Waals surface area contributed by atoms with Gasteiger partial charge in [0.1, 0.15) is 12.1 Å². The maximum absolute atomic E-state index is 12.4. The van der Waals surface area contributed by atoms with Crippen molar-refractivity contribution in [2.45, 2.75) is 30.6 Å². The molecule has 186 valence electrons. The molecule has 3 heterocycles. The zero-order valence-electron chi connectivity index (χ0n) is 20.6. The van der Waals surface area contributed by atoms with E-state index in [1.54, 1.807) is 37.6 Å². The van der Waals surface area contributed by atoms with Crippen molar-refractivity contribution < 1.29 is 13.2 Å². The van der Waals surface area contributed by atoms with Gasteiger partial charge in [-0.3, -0.25) is 14.8 Å². The van der Waals surface area contributed by atoms with Crippen LogP contribution in [0.5, 0.6) is 0 Å². The number of sulfone groups is 1. The first-order valence-corrected chi connectivity index (χ1v) is 13.4. The number of hydrogen-bond acceptors (Lipinski definition) is 8. The van der Waals surface area contributed by atoms with Crippen molar-refractivity contribution in [3.63, 3.8) is 0 Å². The molecule has 0 bridgehead atoms. The van der Waals surface area contributed by atoms with Crippen LogP contribution in [0.2, 0.25) is 0 Å². The highest BCUT2D eigenvalue weighted by atomic mass is 32.2. The van der Waals surface area contributed by atoms with Crippen molar-refractivity contribution in [1.82, 2.24) is 25.3 Å². The summed E-state index contributed by atoms with van der Waals surface area (Å²) < 4.78 is 23.8. The summed E-state index contributed by atoms with van der Waals surface area (Å²) in [4.78, 5) is 29.8. The summed E-state index contributed by atoms with van der Waals surface area (Å²) in [5, 5.41) is 6.90. The zero-order valence-corrected chi connectivity index (χ0v) is 21.4. The molecule has 2 N–H and O–H groups in total. The lowest BCUT2D eigenvalue weighted by atomic mass is 9.78. The molecule has 0 unspecified atom stereocenters. The number of amides is 1. The molecule has 4 rings (SSSR count). The van der Waals surface area contributed by atoms with Crippen molar-refractivity contribution in [1.29, 1.82) is 0 Å². The van der Waals surface area contributed by atoms with Gasteiger partial charge in [-0.25, -0.2) is 18.4 Å². The minimum absolute atomic E-state index is 0.131. The van der Waals surface area contributed by atoms with Gasteiger partial charge in [0.25, 0.3) is 5.91 Å². The van der Waals surface area contributed by atoms with Crippen molar-refractivity contribution in [2.75, 3.05) is 25.2 Å². The van der Waals surface area contributed by atoms with Crippen LogP contribution >= 0.6 is 0 Å². The smallest absolute Gasteiger partial charge is 0.251 e. The minimum atomic E-state index is -3.39. The highest BCUT2D eigenvalue weighted by Crippen LogP contribution is 2.34. The molecule has 1 aromatic carbocycles.